The summed E-state index contributed by atoms with van der Waals surface area (Å²) < 4.78 is 5.96. The molecule has 3 nitrogen and oxygen atoms in total. The molecule has 0 spiro atoms. The minimum atomic E-state index is 0.478. The predicted molar refractivity (Wildman–Crippen MR) is 85.3 cm³/mol. The van der Waals surface area contributed by atoms with Gasteiger partial charge in [0, 0.05) is 11.9 Å². The highest BCUT2D eigenvalue weighted by atomic mass is 16.5. The molecule has 1 aromatic heterocycles. The Morgan fingerprint density at radius 1 is 0.905 bits per heavy atom. The first-order chi connectivity index (χ1) is 10.4. The SMILES string of the molecule is CNCc1cccc(COc2cccc3ccccc23)n1. The molecule has 0 fully saturated rings. The van der Waals surface area contributed by atoms with Crippen LogP contribution in [-0.4, -0.2) is 12.0 Å². The van der Waals surface area contributed by atoms with Crippen LogP contribution < -0.4 is 10.1 Å². The van der Waals surface area contributed by atoms with Crippen LogP contribution >= 0.6 is 0 Å². The number of nitrogens with one attached hydrogen (secondary N) is 1. The second-order valence-corrected chi connectivity index (χ2v) is 4.92. The number of hydrogen-bond donors (Lipinski definition) is 1. The van der Waals surface area contributed by atoms with Crippen LogP contribution in [0.2, 0.25) is 0 Å². The van der Waals surface area contributed by atoms with Crippen molar-refractivity contribution in [2.24, 2.45) is 0 Å². The Labute approximate surface area is 124 Å². The summed E-state index contributed by atoms with van der Waals surface area (Å²) in [5, 5.41) is 5.42. The first kappa shape index (κ1) is 13.6. The molecule has 1 N–H and O–H groups in total. The zero-order valence-electron chi connectivity index (χ0n) is 12.0. The van der Waals surface area contributed by atoms with E-state index in [2.05, 4.69) is 28.5 Å². The topological polar surface area (TPSA) is 34.1 Å². The number of benzene rings is 2. The van der Waals surface area contributed by atoms with E-state index in [1.165, 1.54) is 5.39 Å². The third-order valence-electron chi connectivity index (χ3n) is 3.35. The lowest BCUT2D eigenvalue weighted by molar-refractivity contribution is 0.304. The molecular weight excluding hydrogens is 260 g/mol. The van der Waals surface area contributed by atoms with Gasteiger partial charge in [-0.2, -0.15) is 0 Å². The summed E-state index contributed by atoms with van der Waals surface area (Å²) in [5.74, 6) is 0.897. The van der Waals surface area contributed by atoms with Crippen LogP contribution in [0.5, 0.6) is 5.75 Å². The van der Waals surface area contributed by atoms with Gasteiger partial charge in [0.25, 0.3) is 0 Å². The minimum absolute atomic E-state index is 0.478. The van der Waals surface area contributed by atoms with E-state index in [1.807, 2.05) is 49.5 Å². The average Bonchev–Trinajstić information content (AvgIpc) is 2.53. The Hall–Kier alpha value is -2.39. The summed E-state index contributed by atoms with van der Waals surface area (Å²) in [6.07, 6.45) is 0. The molecule has 0 atom stereocenters. The van der Waals surface area contributed by atoms with Crippen molar-refractivity contribution in [3.8, 4) is 5.75 Å². The van der Waals surface area contributed by atoms with Crippen LogP contribution in [0.4, 0.5) is 0 Å². The summed E-state index contributed by atoms with van der Waals surface area (Å²) in [6, 6.07) is 20.4. The molecule has 1 heterocycles. The molecule has 0 bridgehead atoms. The van der Waals surface area contributed by atoms with Crippen LogP contribution in [0.3, 0.4) is 0 Å². The Balaban J connectivity index is 1.79. The standard InChI is InChI=1S/C18H18N2O/c1-19-12-15-8-5-9-16(20-15)13-21-18-11-4-7-14-6-2-3-10-17(14)18/h2-11,19H,12-13H2,1H3. The van der Waals surface area contributed by atoms with Gasteiger partial charge in [-0.25, -0.2) is 0 Å². The van der Waals surface area contributed by atoms with Crippen LogP contribution in [0, 0.1) is 0 Å². The van der Waals surface area contributed by atoms with Crippen molar-refractivity contribution in [2.75, 3.05) is 7.05 Å². The summed E-state index contributed by atoms with van der Waals surface area (Å²) >= 11 is 0. The normalized spacial score (nSPS) is 10.7. The first-order valence-corrected chi connectivity index (χ1v) is 7.07. The van der Waals surface area contributed by atoms with Crippen molar-refractivity contribution in [1.82, 2.24) is 10.3 Å². The quantitative estimate of drug-likeness (QED) is 0.775. The molecule has 0 unspecified atom stereocenters. The molecular formula is C18H18N2O. The molecule has 21 heavy (non-hydrogen) atoms. The lowest BCUT2D eigenvalue weighted by Gasteiger charge is -2.09. The van der Waals surface area contributed by atoms with Crippen molar-refractivity contribution < 1.29 is 4.74 Å². The predicted octanol–water partition coefficient (Wildman–Crippen LogP) is 3.53. The molecule has 0 aliphatic heterocycles. The van der Waals surface area contributed by atoms with Crippen molar-refractivity contribution in [2.45, 2.75) is 13.2 Å². The fourth-order valence-electron chi connectivity index (χ4n) is 2.36. The van der Waals surface area contributed by atoms with E-state index in [4.69, 9.17) is 4.74 Å². The summed E-state index contributed by atoms with van der Waals surface area (Å²) in [7, 11) is 1.92. The summed E-state index contributed by atoms with van der Waals surface area (Å²) in [6.45, 7) is 1.24. The highest BCUT2D eigenvalue weighted by Crippen LogP contribution is 2.25. The third-order valence-corrected chi connectivity index (χ3v) is 3.35. The Bertz CT molecular complexity index is 735. The maximum atomic E-state index is 5.96. The van der Waals surface area contributed by atoms with E-state index in [-0.39, 0.29) is 0 Å². The largest absolute Gasteiger partial charge is 0.487 e. The van der Waals surface area contributed by atoms with Crippen LogP contribution in [0.25, 0.3) is 10.8 Å². The van der Waals surface area contributed by atoms with Crippen molar-refractivity contribution in [3.63, 3.8) is 0 Å². The maximum absolute atomic E-state index is 5.96. The second kappa shape index (κ2) is 6.37. The van der Waals surface area contributed by atoms with E-state index in [1.54, 1.807) is 0 Å². The van der Waals surface area contributed by atoms with Gasteiger partial charge in [0.15, 0.2) is 0 Å². The zero-order valence-corrected chi connectivity index (χ0v) is 12.0. The molecule has 3 rings (SSSR count). The second-order valence-electron chi connectivity index (χ2n) is 4.92. The molecule has 106 valence electrons. The minimum Gasteiger partial charge on any atom is -0.487 e. The van der Waals surface area contributed by atoms with Crippen LogP contribution in [-0.2, 0) is 13.2 Å². The van der Waals surface area contributed by atoms with E-state index in [0.29, 0.717) is 6.61 Å². The Morgan fingerprint density at radius 2 is 1.67 bits per heavy atom. The van der Waals surface area contributed by atoms with Crippen molar-refractivity contribution >= 4 is 10.8 Å². The lowest BCUT2D eigenvalue weighted by atomic mass is 10.1. The molecule has 0 aliphatic rings. The number of rotatable bonds is 5. The highest BCUT2D eigenvalue weighted by molar-refractivity contribution is 5.88. The highest BCUT2D eigenvalue weighted by Gasteiger charge is 2.03. The van der Waals surface area contributed by atoms with Gasteiger partial charge in [-0.15, -0.1) is 0 Å². The third kappa shape index (κ3) is 3.20. The molecule has 0 saturated heterocycles. The van der Waals surface area contributed by atoms with Crippen LogP contribution in [0.15, 0.2) is 60.7 Å². The number of fused-ring (bicyclic) bond motifs is 1. The molecule has 3 aromatic rings. The summed E-state index contributed by atoms with van der Waals surface area (Å²) in [4.78, 5) is 4.57. The van der Waals surface area contributed by atoms with Gasteiger partial charge in [-0.05, 0) is 30.6 Å². The monoisotopic (exact) mass is 278 g/mol. The van der Waals surface area contributed by atoms with E-state index < -0.39 is 0 Å². The Kier molecular flexibility index (Phi) is 4.12. The molecule has 3 heteroatoms. The van der Waals surface area contributed by atoms with Gasteiger partial charge in [0.05, 0.1) is 11.4 Å². The Morgan fingerprint density at radius 3 is 2.57 bits per heavy atom. The van der Waals surface area contributed by atoms with Crippen molar-refractivity contribution in [3.05, 3.63) is 72.1 Å². The molecule has 0 amide bonds. The number of ether oxygens (including phenoxy) is 1. The maximum Gasteiger partial charge on any atom is 0.130 e. The number of aromatic nitrogens is 1. The van der Waals surface area contributed by atoms with E-state index in [0.717, 1.165) is 29.1 Å². The number of hydrogen-bond acceptors (Lipinski definition) is 3. The van der Waals surface area contributed by atoms with E-state index >= 15 is 0 Å². The molecule has 0 aliphatic carbocycles. The van der Waals surface area contributed by atoms with Gasteiger partial charge in [0.2, 0.25) is 0 Å². The van der Waals surface area contributed by atoms with Crippen molar-refractivity contribution in [1.29, 1.82) is 0 Å². The number of nitrogens with zero attached hydrogens (tertiary/aromatic N) is 1. The van der Waals surface area contributed by atoms with Gasteiger partial charge >= 0.3 is 0 Å². The zero-order chi connectivity index (χ0) is 14.5. The van der Waals surface area contributed by atoms with Gasteiger partial charge < -0.3 is 10.1 Å². The van der Waals surface area contributed by atoms with Gasteiger partial charge in [-0.1, -0.05) is 42.5 Å². The molecule has 0 saturated carbocycles. The fourth-order valence-corrected chi connectivity index (χ4v) is 2.36. The first-order valence-electron chi connectivity index (χ1n) is 7.07. The van der Waals surface area contributed by atoms with Gasteiger partial charge in [0.1, 0.15) is 12.4 Å². The smallest absolute Gasteiger partial charge is 0.130 e. The number of pyridine rings is 1. The van der Waals surface area contributed by atoms with Gasteiger partial charge in [-0.3, -0.25) is 4.98 Å². The lowest BCUT2D eigenvalue weighted by Crippen LogP contribution is -2.08. The van der Waals surface area contributed by atoms with Crippen LogP contribution in [0.1, 0.15) is 11.4 Å². The average molecular weight is 278 g/mol. The fraction of sp³-hybridized carbons (Fsp3) is 0.167. The summed E-state index contributed by atoms with van der Waals surface area (Å²) in [5.41, 5.74) is 1.97. The molecule has 2 aromatic carbocycles. The molecule has 0 radical (unpaired) electrons. The van der Waals surface area contributed by atoms with E-state index in [9.17, 15) is 0 Å².